The molecule has 0 saturated heterocycles. The van der Waals surface area contributed by atoms with Crippen molar-refractivity contribution < 1.29 is 0 Å². The zero-order valence-electron chi connectivity index (χ0n) is 8.95. The Bertz CT molecular complexity index is 346. The maximum Gasteiger partial charge on any atom is 0.0715 e. The summed E-state index contributed by atoms with van der Waals surface area (Å²) in [6, 6.07) is 0. The first-order valence-electron chi connectivity index (χ1n) is 4.55. The molecule has 1 heterocycles. The van der Waals surface area contributed by atoms with Crippen molar-refractivity contribution in [2.24, 2.45) is 0 Å². The molecular formula is C11H16N2S. The molecule has 1 aromatic heterocycles. The Kier molecular flexibility index (Phi) is 4.01. The van der Waals surface area contributed by atoms with Crippen LogP contribution in [0.15, 0.2) is 34.9 Å². The average molecular weight is 208 g/mol. The summed E-state index contributed by atoms with van der Waals surface area (Å²) in [5.74, 6) is 0. The summed E-state index contributed by atoms with van der Waals surface area (Å²) in [5.41, 5.74) is 2.48. The summed E-state index contributed by atoms with van der Waals surface area (Å²) in [4.78, 5) is 1.11. The van der Waals surface area contributed by atoms with E-state index in [0.29, 0.717) is 0 Å². The second kappa shape index (κ2) is 5.05. The molecule has 0 aliphatic rings. The zero-order valence-corrected chi connectivity index (χ0v) is 9.77. The average Bonchev–Trinajstić information content (AvgIpc) is 2.48. The fourth-order valence-corrected chi connectivity index (χ4v) is 1.58. The molecule has 0 atom stereocenters. The van der Waals surface area contributed by atoms with Crippen molar-refractivity contribution >= 4 is 11.8 Å². The van der Waals surface area contributed by atoms with Gasteiger partial charge in [-0.2, -0.15) is 5.10 Å². The molecule has 0 radical (unpaired) electrons. The van der Waals surface area contributed by atoms with Gasteiger partial charge >= 0.3 is 0 Å². The van der Waals surface area contributed by atoms with E-state index in [1.54, 1.807) is 11.8 Å². The van der Waals surface area contributed by atoms with E-state index in [1.807, 2.05) is 24.0 Å². The highest BCUT2D eigenvalue weighted by Crippen LogP contribution is 2.18. The van der Waals surface area contributed by atoms with Crippen LogP contribution in [0.25, 0.3) is 0 Å². The molecule has 0 aliphatic heterocycles. The summed E-state index contributed by atoms with van der Waals surface area (Å²) < 4.78 is 1.91. The summed E-state index contributed by atoms with van der Waals surface area (Å²) in [6.45, 7) is 11.0. The van der Waals surface area contributed by atoms with Crippen molar-refractivity contribution in [2.45, 2.75) is 27.3 Å². The van der Waals surface area contributed by atoms with Gasteiger partial charge in [0, 0.05) is 11.1 Å². The van der Waals surface area contributed by atoms with Crippen LogP contribution in [0.1, 0.15) is 19.4 Å². The van der Waals surface area contributed by atoms with E-state index in [1.165, 1.54) is 11.1 Å². The van der Waals surface area contributed by atoms with Gasteiger partial charge in [-0.25, -0.2) is 0 Å². The maximum absolute atomic E-state index is 4.20. The molecular weight excluding hydrogens is 192 g/mol. The van der Waals surface area contributed by atoms with Gasteiger partial charge in [-0.05, 0) is 31.7 Å². The Hall–Kier alpha value is -0.960. The van der Waals surface area contributed by atoms with Gasteiger partial charge in [-0.1, -0.05) is 12.2 Å². The van der Waals surface area contributed by atoms with Crippen LogP contribution in [-0.4, -0.2) is 9.78 Å². The number of nitrogens with zero attached hydrogens (tertiary/aromatic N) is 2. The summed E-state index contributed by atoms with van der Waals surface area (Å²) >= 11 is 1.67. The summed E-state index contributed by atoms with van der Waals surface area (Å²) in [5, 5.41) is 6.31. The van der Waals surface area contributed by atoms with Gasteiger partial charge in [0.05, 0.1) is 12.7 Å². The molecule has 0 N–H and O–H groups in total. The maximum atomic E-state index is 4.20. The molecule has 2 nitrogen and oxygen atoms in total. The minimum atomic E-state index is 0.780. The number of thioether (sulfide) groups is 1. The zero-order chi connectivity index (χ0) is 10.6. The predicted molar refractivity (Wildman–Crippen MR) is 63.1 cm³/mol. The lowest BCUT2D eigenvalue weighted by Gasteiger charge is -2.02. The molecule has 0 spiro atoms. The highest BCUT2D eigenvalue weighted by atomic mass is 32.2. The van der Waals surface area contributed by atoms with Crippen LogP contribution in [-0.2, 0) is 6.54 Å². The number of aryl methyl sites for hydroxylation is 1. The number of hydrogen-bond donors (Lipinski definition) is 0. The lowest BCUT2D eigenvalue weighted by Crippen LogP contribution is -1.97. The molecule has 0 bridgehead atoms. The third-order valence-electron chi connectivity index (χ3n) is 1.56. The van der Waals surface area contributed by atoms with Crippen LogP contribution in [0.2, 0.25) is 0 Å². The Balaban J connectivity index is 2.45. The van der Waals surface area contributed by atoms with Gasteiger partial charge in [-0.3, -0.25) is 4.68 Å². The lowest BCUT2D eigenvalue weighted by atomic mass is 10.4. The Labute approximate surface area is 89.7 Å². The van der Waals surface area contributed by atoms with Gasteiger partial charge in [0.1, 0.15) is 0 Å². The molecule has 0 aliphatic carbocycles. The topological polar surface area (TPSA) is 17.8 Å². The third kappa shape index (κ3) is 3.83. The van der Waals surface area contributed by atoms with Crippen molar-refractivity contribution in [3.05, 3.63) is 40.4 Å². The minimum absolute atomic E-state index is 0.780. The Morgan fingerprint density at radius 3 is 2.86 bits per heavy atom. The smallest absolute Gasteiger partial charge is 0.0715 e. The van der Waals surface area contributed by atoms with Crippen molar-refractivity contribution in [3.63, 3.8) is 0 Å². The molecule has 0 amide bonds. The predicted octanol–water partition coefficient (Wildman–Crippen LogP) is 3.36. The largest absolute Gasteiger partial charge is 0.268 e. The van der Waals surface area contributed by atoms with Crippen molar-refractivity contribution in [1.82, 2.24) is 9.78 Å². The Morgan fingerprint density at radius 2 is 2.36 bits per heavy atom. The second-order valence-electron chi connectivity index (χ2n) is 3.57. The molecule has 1 rings (SSSR count). The van der Waals surface area contributed by atoms with Gasteiger partial charge < -0.3 is 0 Å². The SMILES string of the molecule is C=C(Cn1cc(C)cn1)SC=C(C)C. The second-order valence-corrected chi connectivity index (χ2v) is 4.62. The van der Waals surface area contributed by atoms with Crippen molar-refractivity contribution in [2.75, 3.05) is 0 Å². The van der Waals surface area contributed by atoms with Gasteiger partial charge in [0.25, 0.3) is 0 Å². The van der Waals surface area contributed by atoms with Crippen LogP contribution < -0.4 is 0 Å². The lowest BCUT2D eigenvalue weighted by molar-refractivity contribution is 0.697. The number of rotatable bonds is 4. The van der Waals surface area contributed by atoms with E-state index in [9.17, 15) is 0 Å². The first-order chi connectivity index (χ1) is 6.58. The van der Waals surface area contributed by atoms with Crippen LogP contribution in [0.5, 0.6) is 0 Å². The van der Waals surface area contributed by atoms with Crippen LogP contribution in [0.3, 0.4) is 0 Å². The van der Waals surface area contributed by atoms with Crippen LogP contribution >= 0.6 is 11.8 Å². The van der Waals surface area contributed by atoms with E-state index in [-0.39, 0.29) is 0 Å². The van der Waals surface area contributed by atoms with E-state index < -0.39 is 0 Å². The third-order valence-corrected chi connectivity index (χ3v) is 2.61. The molecule has 1 aromatic rings. The van der Waals surface area contributed by atoms with Gasteiger partial charge in [0.2, 0.25) is 0 Å². The minimum Gasteiger partial charge on any atom is -0.268 e. The molecule has 0 saturated carbocycles. The quantitative estimate of drug-likeness (QED) is 0.755. The molecule has 76 valence electrons. The first kappa shape index (κ1) is 11.1. The first-order valence-corrected chi connectivity index (χ1v) is 5.43. The fourth-order valence-electron chi connectivity index (χ4n) is 0.973. The standard InChI is InChI=1S/C11H16N2S/c1-9(2)8-14-11(4)7-13-6-10(3)5-12-13/h5-6,8H,4,7H2,1-3H3. The molecule has 0 unspecified atom stereocenters. The number of aromatic nitrogens is 2. The molecule has 14 heavy (non-hydrogen) atoms. The van der Waals surface area contributed by atoms with Crippen LogP contribution in [0.4, 0.5) is 0 Å². The van der Waals surface area contributed by atoms with Crippen molar-refractivity contribution in [1.29, 1.82) is 0 Å². The monoisotopic (exact) mass is 208 g/mol. The normalized spacial score (nSPS) is 9.93. The molecule has 0 aromatic carbocycles. The van der Waals surface area contributed by atoms with Gasteiger partial charge in [-0.15, -0.1) is 11.8 Å². The summed E-state index contributed by atoms with van der Waals surface area (Å²) in [6.07, 6.45) is 3.88. The van der Waals surface area contributed by atoms with E-state index in [4.69, 9.17) is 0 Å². The molecule has 0 fully saturated rings. The molecule has 3 heteroatoms. The number of hydrogen-bond acceptors (Lipinski definition) is 2. The highest BCUT2D eigenvalue weighted by molar-refractivity contribution is 8.05. The fraction of sp³-hybridized carbons (Fsp3) is 0.364. The van der Waals surface area contributed by atoms with E-state index in [0.717, 1.165) is 11.4 Å². The van der Waals surface area contributed by atoms with E-state index in [2.05, 4.69) is 30.9 Å². The van der Waals surface area contributed by atoms with E-state index >= 15 is 0 Å². The summed E-state index contributed by atoms with van der Waals surface area (Å²) in [7, 11) is 0. The van der Waals surface area contributed by atoms with Gasteiger partial charge in [0.15, 0.2) is 0 Å². The number of allylic oxidation sites excluding steroid dienone is 2. The Morgan fingerprint density at radius 1 is 1.64 bits per heavy atom. The highest BCUT2D eigenvalue weighted by Gasteiger charge is 1.97. The van der Waals surface area contributed by atoms with Crippen molar-refractivity contribution in [3.8, 4) is 0 Å². The van der Waals surface area contributed by atoms with Crippen LogP contribution in [0, 0.1) is 6.92 Å².